The number of hydrogen-bond acceptors (Lipinski definition) is 2. The molecule has 2 aromatic rings. The van der Waals surface area contributed by atoms with Crippen molar-refractivity contribution in [2.45, 2.75) is 155 Å². The van der Waals surface area contributed by atoms with Gasteiger partial charge in [0.1, 0.15) is 12.2 Å². The molecule has 0 aliphatic rings. The molecule has 0 fully saturated rings. The van der Waals surface area contributed by atoms with Gasteiger partial charge in [-0.1, -0.05) is 165 Å². The maximum atomic E-state index is 6.36. The third-order valence-electron chi connectivity index (χ3n) is 8.00. The van der Waals surface area contributed by atoms with E-state index in [9.17, 15) is 0 Å². The van der Waals surface area contributed by atoms with Crippen LogP contribution in [0.25, 0.3) is 0 Å². The molecule has 214 valence electrons. The van der Waals surface area contributed by atoms with Gasteiger partial charge in [-0.3, -0.25) is 0 Å². The highest BCUT2D eigenvalue weighted by molar-refractivity contribution is 5.28. The summed E-state index contributed by atoms with van der Waals surface area (Å²) in [7, 11) is 0. The van der Waals surface area contributed by atoms with Gasteiger partial charge in [-0.25, -0.2) is 9.78 Å². The molecule has 0 bridgehead atoms. The Morgan fingerprint density at radius 3 is 1.11 bits per heavy atom. The van der Waals surface area contributed by atoms with Crippen molar-refractivity contribution in [1.82, 2.24) is 0 Å². The maximum Gasteiger partial charge on any atom is 0.118 e. The van der Waals surface area contributed by atoms with Crippen molar-refractivity contribution < 1.29 is 9.78 Å². The van der Waals surface area contributed by atoms with Gasteiger partial charge in [-0.15, -0.1) is 0 Å². The molecular weight excluding hydrogens is 464 g/mol. The first-order valence-electron chi connectivity index (χ1n) is 16.1. The van der Waals surface area contributed by atoms with E-state index in [4.69, 9.17) is 9.78 Å². The van der Waals surface area contributed by atoms with Crippen LogP contribution in [-0.4, -0.2) is 0 Å². The predicted octanol–water partition coefficient (Wildman–Crippen LogP) is 12.1. The Hall–Kier alpha value is -1.64. The lowest BCUT2D eigenvalue weighted by Crippen LogP contribution is -2.12. The van der Waals surface area contributed by atoms with Crippen LogP contribution in [0.1, 0.15) is 164 Å². The first-order valence-corrected chi connectivity index (χ1v) is 16.1. The van der Waals surface area contributed by atoms with Gasteiger partial charge < -0.3 is 0 Å². The zero-order chi connectivity index (χ0) is 27.3. The van der Waals surface area contributed by atoms with E-state index in [1.165, 1.54) is 125 Å². The van der Waals surface area contributed by atoms with Crippen LogP contribution in [0, 0.1) is 13.8 Å². The largest absolute Gasteiger partial charge is 0.228 e. The highest BCUT2D eigenvalue weighted by Crippen LogP contribution is 2.33. The lowest BCUT2D eigenvalue weighted by Gasteiger charge is -2.24. The lowest BCUT2D eigenvalue weighted by atomic mass is 9.98. The molecule has 0 saturated carbocycles. The van der Waals surface area contributed by atoms with Crippen molar-refractivity contribution in [2.75, 3.05) is 0 Å². The van der Waals surface area contributed by atoms with Gasteiger partial charge in [0.05, 0.1) is 0 Å². The van der Waals surface area contributed by atoms with E-state index in [0.717, 1.165) is 12.8 Å². The summed E-state index contributed by atoms with van der Waals surface area (Å²) in [6.45, 7) is 8.96. The lowest BCUT2D eigenvalue weighted by molar-refractivity contribution is -0.359. The number of rotatable bonds is 23. The van der Waals surface area contributed by atoms with Crippen LogP contribution in [0.5, 0.6) is 0 Å². The van der Waals surface area contributed by atoms with Crippen LogP contribution in [0.15, 0.2) is 48.5 Å². The Balaban J connectivity index is 1.93. The Morgan fingerprint density at radius 2 is 0.763 bits per heavy atom. The second-order valence-corrected chi connectivity index (χ2v) is 11.4. The van der Waals surface area contributed by atoms with Crippen LogP contribution in [-0.2, 0) is 9.78 Å². The number of hydrogen-bond donors (Lipinski definition) is 0. The van der Waals surface area contributed by atoms with E-state index in [1.807, 2.05) is 0 Å². The summed E-state index contributed by atoms with van der Waals surface area (Å²) in [6.07, 6.45) is 23.2. The van der Waals surface area contributed by atoms with E-state index in [0.29, 0.717) is 0 Å². The molecule has 2 aromatic carbocycles. The van der Waals surface area contributed by atoms with Crippen LogP contribution in [0.2, 0.25) is 0 Å². The molecule has 0 N–H and O–H groups in total. The molecule has 2 atom stereocenters. The summed E-state index contributed by atoms with van der Waals surface area (Å²) >= 11 is 0. The molecule has 38 heavy (non-hydrogen) atoms. The smallest absolute Gasteiger partial charge is 0.118 e. The highest BCUT2D eigenvalue weighted by atomic mass is 17.2. The standard InChI is InChI=1S/C36H58O2/c1-5-7-9-11-13-15-17-19-29-35(33-27-23-21-25-31(33)3)37-38-36(34-28-24-22-26-32(34)4)30-20-18-16-14-12-10-8-6-2/h21-28,35-36H,5-20,29-30H2,1-4H3. The zero-order valence-electron chi connectivity index (χ0n) is 25.3. The van der Waals surface area contributed by atoms with Crippen molar-refractivity contribution in [3.63, 3.8) is 0 Å². The number of aryl methyl sites for hydroxylation is 2. The minimum Gasteiger partial charge on any atom is -0.228 e. The summed E-state index contributed by atoms with van der Waals surface area (Å²) in [6, 6.07) is 17.3. The van der Waals surface area contributed by atoms with Crippen molar-refractivity contribution in [3.05, 3.63) is 70.8 Å². The Kier molecular flexibility index (Phi) is 18.2. The minimum absolute atomic E-state index is 0.0126. The summed E-state index contributed by atoms with van der Waals surface area (Å²) in [5.41, 5.74) is 5.12. The monoisotopic (exact) mass is 522 g/mol. The number of benzene rings is 2. The SMILES string of the molecule is CCCCCCCCCCC(OOC(CCCCCCCCCC)c1ccccc1C)c1ccccc1C. The van der Waals surface area contributed by atoms with Crippen LogP contribution in [0.3, 0.4) is 0 Å². The average molecular weight is 523 g/mol. The fourth-order valence-electron chi connectivity index (χ4n) is 5.47. The normalized spacial score (nSPS) is 13.1. The van der Waals surface area contributed by atoms with E-state index in [-0.39, 0.29) is 12.2 Å². The third kappa shape index (κ3) is 13.4. The van der Waals surface area contributed by atoms with Crippen LogP contribution >= 0.6 is 0 Å². The second kappa shape index (κ2) is 21.2. The predicted molar refractivity (Wildman–Crippen MR) is 164 cm³/mol. The molecule has 0 radical (unpaired) electrons. The van der Waals surface area contributed by atoms with Crippen molar-refractivity contribution in [1.29, 1.82) is 0 Å². The molecule has 2 heteroatoms. The van der Waals surface area contributed by atoms with E-state index < -0.39 is 0 Å². The summed E-state index contributed by atoms with van der Waals surface area (Å²) in [5.74, 6) is 0. The van der Waals surface area contributed by atoms with E-state index in [1.54, 1.807) is 0 Å². The molecule has 0 aromatic heterocycles. The van der Waals surface area contributed by atoms with Crippen molar-refractivity contribution >= 4 is 0 Å². The molecular formula is C36H58O2. The van der Waals surface area contributed by atoms with Gasteiger partial charge >= 0.3 is 0 Å². The molecule has 0 spiro atoms. The molecule has 0 saturated heterocycles. The third-order valence-corrected chi connectivity index (χ3v) is 8.00. The zero-order valence-corrected chi connectivity index (χ0v) is 25.3. The summed E-state index contributed by atoms with van der Waals surface area (Å²) < 4.78 is 0. The Morgan fingerprint density at radius 1 is 0.447 bits per heavy atom. The fraction of sp³-hybridized carbons (Fsp3) is 0.667. The molecule has 0 aliphatic heterocycles. The van der Waals surface area contributed by atoms with Gasteiger partial charge in [0.2, 0.25) is 0 Å². The van der Waals surface area contributed by atoms with Gasteiger partial charge in [0.15, 0.2) is 0 Å². The van der Waals surface area contributed by atoms with Crippen LogP contribution in [0.4, 0.5) is 0 Å². The average Bonchev–Trinajstić information content (AvgIpc) is 2.93. The molecule has 0 amide bonds. The van der Waals surface area contributed by atoms with Crippen molar-refractivity contribution in [3.8, 4) is 0 Å². The van der Waals surface area contributed by atoms with E-state index in [2.05, 4.69) is 76.2 Å². The second-order valence-electron chi connectivity index (χ2n) is 11.4. The van der Waals surface area contributed by atoms with Gasteiger partial charge in [0, 0.05) is 0 Å². The topological polar surface area (TPSA) is 18.5 Å². The Bertz CT molecular complexity index is 760. The summed E-state index contributed by atoms with van der Waals surface area (Å²) in [4.78, 5) is 12.7. The molecule has 0 aliphatic carbocycles. The van der Waals surface area contributed by atoms with E-state index >= 15 is 0 Å². The quantitative estimate of drug-likeness (QED) is 0.0820. The van der Waals surface area contributed by atoms with Gasteiger partial charge in [0.25, 0.3) is 0 Å². The molecule has 0 heterocycles. The Labute approximate surface area is 235 Å². The first kappa shape index (κ1) is 32.6. The number of unbranched alkanes of at least 4 members (excludes halogenated alkanes) is 14. The fourth-order valence-corrected chi connectivity index (χ4v) is 5.47. The minimum atomic E-state index is -0.0126. The van der Waals surface area contributed by atoms with Crippen molar-refractivity contribution in [2.24, 2.45) is 0 Å². The highest BCUT2D eigenvalue weighted by Gasteiger charge is 2.21. The maximum absolute atomic E-state index is 6.36. The van der Waals surface area contributed by atoms with Crippen LogP contribution < -0.4 is 0 Å². The molecule has 2 unspecified atom stereocenters. The first-order chi connectivity index (χ1) is 18.7. The molecule has 2 nitrogen and oxygen atoms in total. The van der Waals surface area contributed by atoms with Gasteiger partial charge in [-0.2, -0.15) is 0 Å². The molecule has 2 rings (SSSR count). The summed E-state index contributed by atoms with van der Waals surface area (Å²) in [5, 5.41) is 0. The van der Waals surface area contributed by atoms with Gasteiger partial charge in [-0.05, 0) is 48.9 Å².